The van der Waals surface area contributed by atoms with Crippen LogP contribution in [0.15, 0.2) is 65.6 Å². The lowest BCUT2D eigenvalue weighted by molar-refractivity contribution is 0.145. The maximum Gasteiger partial charge on any atom is 0.283 e. The zero-order chi connectivity index (χ0) is 18.0. The summed E-state index contributed by atoms with van der Waals surface area (Å²) >= 11 is 6.04. The lowest BCUT2D eigenvalue weighted by Crippen LogP contribution is -2.25. The first-order chi connectivity index (χ1) is 11.9. The molecule has 5 nitrogen and oxygen atoms in total. The van der Waals surface area contributed by atoms with Crippen LogP contribution in [0.25, 0.3) is 11.3 Å². The summed E-state index contributed by atoms with van der Waals surface area (Å²) in [6.45, 7) is 0. The van der Waals surface area contributed by atoms with Crippen molar-refractivity contribution in [3.63, 3.8) is 0 Å². The highest BCUT2D eigenvalue weighted by Gasteiger charge is 2.26. The van der Waals surface area contributed by atoms with Crippen LogP contribution in [0.4, 0.5) is 8.78 Å². The van der Waals surface area contributed by atoms with E-state index in [-0.39, 0.29) is 15.6 Å². The minimum absolute atomic E-state index is 0.0285. The Morgan fingerprint density at radius 3 is 2.12 bits per heavy atom. The molecule has 0 saturated carbocycles. The number of sulfonamides is 1. The van der Waals surface area contributed by atoms with Crippen molar-refractivity contribution >= 4 is 21.6 Å². The Morgan fingerprint density at radius 1 is 1.00 bits per heavy atom. The molecule has 0 unspecified atom stereocenters. The zero-order valence-electron chi connectivity index (χ0n) is 12.6. The highest BCUT2D eigenvalue weighted by molar-refractivity contribution is 7.92. The Morgan fingerprint density at radius 2 is 1.56 bits per heavy atom. The van der Waals surface area contributed by atoms with Crippen molar-refractivity contribution in [1.29, 1.82) is 0 Å². The second-order valence-electron chi connectivity index (χ2n) is 5.03. The second-order valence-corrected chi connectivity index (χ2v) is 7.07. The van der Waals surface area contributed by atoms with E-state index >= 15 is 0 Å². The van der Waals surface area contributed by atoms with Crippen molar-refractivity contribution in [2.75, 3.05) is 4.83 Å². The lowest BCUT2D eigenvalue weighted by atomic mass is 10.1. The summed E-state index contributed by atoms with van der Waals surface area (Å²) in [5.41, 5.74) is -0.212. The lowest BCUT2D eigenvalue weighted by Gasteiger charge is -2.11. The molecule has 3 aromatic rings. The predicted octanol–water partition coefficient (Wildman–Crippen LogP) is 4.07. The van der Waals surface area contributed by atoms with Gasteiger partial charge < -0.3 is 0 Å². The number of halogens is 3. The molecule has 0 atom stereocenters. The maximum absolute atomic E-state index is 13.2. The molecule has 0 aliphatic heterocycles. The fourth-order valence-corrected chi connectivity index (χ4v) is 3.52. The molecule has 2 aromatic carbocycles. The van der Waals surface area contributed by atoms with Crippen molar-refractivity contribution in [3.8, 4) is 11.3 Å². The third-order valence-electron chi connectivity index (χ3n) is 3.37. The number of alkyl halides is 2. The Labute approximate surface area is 147 Å². The van der Waals surface area contributed by atoms with Crippen LogP contribution in [0, 0.1) is 0 Å². The largest absolute Gasteiger partial charge is 0.283 e. The number of rotatable bonds is 5. The van der Waals surface area contributed by atoms with Crippen LogP contribution in [0.1, 0.15) is 12.1 Å². The number of nitrogens with one attached hydrogen (secondary N) is 1. The van der Waals surface area contributed by atoms with E-state index in [1.54, 1.807) is 48.5 Å². The van der Waals surface area contributed by atoms with Crippen LogP contribution in [-0.4, -0.2) is 18.3 Å². The molecule has 1 aromatic heterocycles. The van der Waals surface area contributed by atoms with Crippen LogP contribution in [-0.2, 0) is 10.0 Å². The van der Waals surface area contributed by atoms with Crippen LogP contribution >= 0.6 is 11.6 Å². The van der Waals surface area contributed by atoms with Crippen molar-refractivity contribution in [2.24, 2.45) is 0 Å². The number of hydrogen-bond donors (Lipinski definition) is 1. The molecule has 0 aliphatic rings. The molecule has 3 rings (SSSR count). The molecule has 0 fully saturated rings. The highest BCUT2D eigenvalue weighted by atomic mass is 35.5. The van der Waals surface area contributed by atoms with Crippen molar-refractivity contribution in [1.82, 2.24) is 9.89 Å². The van der Waals surface area contributed by atoms with Crippen LogP contribution in [0.3, 0.4) is 0 Å². The van der Waals surface area contributed by atoms with Crippen LogP contribution in [0.2, 0.25) is 5.02 Å². The summed E-state index contributed by atoms with van der Waals surface area (Å²) in [7, 11) is -4.03. The monoisotopic (exact) mass is 383 g/mol. The van der Waals surface area contributed by atoms with Gasteiger partial charge in [-0.1, -0.05) is 60.1 Å². The van der Waals surface area contributed by atoms with Crippen LogP contribution < -0.4 is 4.83 Å². The second kappa shape index (κ2) is 6.81. The molecule has 9 heteroatoms. The van der Waals surface area contributed by atoms with Crippen molar-refractivity contribution < 1.29 is 17.2 Å². The van der Waals surface area contributed by atoms with E-state index in [2.05, 4.69) is 9.93 Å². The first-order valence-corrected chi connectivity index (χ1v) is 8.96. The average molecular weight is 384 g/mol. The number of benzene rings is 2. The van der Waals surface area contributed by atoms with Gasteiger partial charge in [-0.15, -0.1) is 5.10 Å². The summed E-state index contributed by atoms with van der Waals surface area (Å²) in [4.78, 5) is 2.91. The standard InChI is InChI=1S/C16H12ClF2N3O2S/c17-13-14(16(18)19)20-22(15(13)11-7-3-1-4-8-11)21-25(23,24)12-9-5-2-6-10-12/h1-10,16,21H. The topological polar surface area (TPSA) is 64.0 Å². The van der Waals surface area contributed by atoms with Gasteiger partial charge in [0.25, 0.3) is 16.4 Å². The normalized spacial score (nSPS) is 11.7. The number of nitrogens with zero attached hydrogens (tertiary/aromatic N) is 2. The molecule has 0 radical (unpaired) electrons. The number of hydrogen-bond acceptors (Lipinski definition) is 3. The van der Waals surface area contributed by atoms with E-state index in [1.807, 2.05) is 0 Å². The van der Waals surface area contributed by atoms with Gasteiger partial charge in [0.1, 0.15) is 11.4 Å². The molecule has 130 valence electrons. The molecule has 0 bridgehead atoms. The summed E-state index contributed by atoms with van der Waals surface area (Å²) in [6, 6.07) is 15.8. The van der Waals surface area contributed by atoms with Gasteiger partial charge in [0.15, 0.2) is 0 Å². The average Bonchev–Trinajstić information content (AvgIpc) is 2.92. The minimum Gasteiger partial charge on any atom is -0.203 e. The summed E-state index contributed by atoms with van der Waals surface area (Å²) < 4.78 is 51.3. The maximum atomic E-state index is 13.2. The fraction of sp³-hybridized carbons (Fsp3) is 0.0625. The summed E-state index contributed by atoms with van der Waals surface area (Å²) in [5.74, 6) is 0. The van der Waals surface area contributed by atoms with Gasteiger partial charge in [0.05, 0.1) is 9.92 Å². The Kier molecular flexibility index (Phi) is 4.73. The molecule has 0 saturated heterocycles. The third-order valence-corrected chi connectivity index (χ3v) is 5.05. The Hall–Kier alpha value is -2.45. The van der Waals surface area contributed by atoms with E-state index in [0.717, 1.165) is 4.79 Å². The fourth-order valence-electron chi connectivity index (χ4n) is 2.23. The molecule has 25 heavy (non-hydrogen) atoms. The molecular formula is C16H12ClF2N3O2S. The first kappa shape index (κ1) is 17.4. The van der Waals surface area contributed by atoms with Crippen LogP contribution in [0.5, 0.6) is 0 Å². The minimum atomic E-state index is -4.03. The first-order valence-electron chi connectivity index (χ1n) is 7.10. The van der Waals surface area contributed by atoms with E-state index in [9.17, 15) is 17.2 Å². The van der Waals surface area contributed by atoms with Gasteiger partial charge in [-0.05, 0) is 12.1 Å². The third kappa shape index (κ3) is 3.49. The van der Waals surface area contributed by atoms with Gasteiger partial charge in [0, 0.05) is 5.56 Å². The van der Waals surface area contributed by atoms with Gasteiger partial charge in [-0.25, -0.2) is 8.78 Å². The van der Waals surface area contributed by atoms with E-state index in [4.69, 9.17) is 11.6 Å². The molecule has 0 amide bonds. The van der Waals surface area contributed by atoms with E-state index in [0.29, 0.717) is 5.56 Å². The SMILES string of the molecule is O=S(=O)(Nn1nc(C(F)F)c(Cl)c1-c1ccccc1)c1ccccc1. The molecular weight excluding hydrogens is 372 g/mol. The number of aromatic nitrogens is 2. The Bertz CT molecular complexity index is 977. The van der Waals surface area contributed by atoms with Gasteiger partial charge in [0.2, 0.25) is 0 Å². The molecule has 1 N–H and O–H groups in total. The van der Waals surface area contributed by atoms with Gasteiger partial charge >= 0.3 is 0 Å². The van der Waals surface area contributed by atoms with Gasteiger partial charge in [-0.2, -0.15) is 18.0 Å². The highest BCUT2D eigenvalue weighted by Crippen LogP contribution is 2.35. The van der Waals surface area contributed by atoms with Crippen molar-refractivity contribution in [3.05, 3.63) is 71.4 Å². The van der Waals surface area contributed by atoms with Crippen molar-refractivity contribution in [2.45, 2.75) is 11.3 Å². The Balaban J connectivity index is 2.12. The van der Waals surface area contributed by atoms with Gasteiger partial charge in [-0.3, -0.25) is 0 Å². The molecule has 1 heterocycles. The smallest absolute Gasteiger partial charge is 0.203 e. The van der Waals surface area contributed by atoms with E-state index in [1.165, 1.54) is 12.1 Å². The zero-order valence-corrected chi connectivity index (χ0v) is 14.2. The summed E-state index contributed by atoms with van der Waals surface area (Å²) in [6.07, 6.45) is -2.95. The molecule has 0 aliphatic carbocycles. The summed E-state index contributed by atoms with van der Waals surface area (Å²) in [5, 5.41) is 3.33. The molecule has 0 spiro atoms. The predicted molar refractivity (Wildman–Crippen MR) is 90.6 cm³/mol. The van der Waals surface area contributed by atoms with E-state index < -0.39 is 22.1 Å². The quantitative estimate of drug-likeness (QED) is 0.722.